The van der Waals surface area contributed by atoms with E-state index in [1.165, 1.54) is 6.26 Å². The maximum Gasteiger partial charge on any atom is 0.117 e. The first-order chi connectivity index (χ1) is 6.43. The number of rotatable bonds is 7. The predicted octanol–water partition coefficient (Wildman–Crippen LogP) is 1.92. The maximum atomic E-state index is 5.15. The minimum absolute atomic E-state index is 0.717. The highest BCUT2D eigenvalue weighted by atomic mass is 16.5. The summed E-state index contributed by atoms with van der Waals surface area (Å²) < 4.78 is 10.1. The van der Waals surface area contributed by atoms with Crippen LogP contribution in [0.5, 0.6) is 0 Å². The van der Waals surface area contributed by atoms with E-state index in [-0.39, 0.29) is 0 Å². The quantitative estimate of drug-likeness (QED) is 0.515. The molecule has 0 saturated heterocycles. The molecule has 0 aliphatic rings. The highest BCUT2D eigenvalue weighted by Crippen LogP contribution is 1.98. The molecule has 1 rings (SSSR count). The van der Waals surface area contributed by atoms with Crippen molar-refractivity contribution in [2.24, 2.45) is 0 Å². The van der Waals surface area contributed by atoms with Gasteiger partial charge in [0.1, 0.15) is 5.76 Å². The lowest BCUT2D eigenvalue weighted by atomic mass is 10.4. The van der Waals surface area contributed by atoms with Crippen molar-refractivity contribution < 1.29 is 9.15 Å². The number of hydrogen-bond donors (Lipinski definition) is 1. The summed E-state index contributed by atoms with van der Waals surface area (Å²) in [6.07, 6.45) is 4.12. The number of nitrogens with one attached hydrogen (secondary N) is 1. The number of hydrogen-bond acceptors (Lipinski definition) is 3. The Morgan fingerprint density at radius 1 is 1.62 bits per heavy atom. The molecule has 1 heterocycles. The lowest BCUT2D eigenvalue weighted by molar-refractivity contribution is 0.244. The third kappa shape index (κ3) is 4.38. The van der Waals surface area contributed by atoms with Crippen LogP contribution in [-0.2, 0) is 11.3 Å². The second-order valence-corrected chi connectivity index (χ2v) is 2.65. The first-order valence-electron chi connectivity index (χ1n) is 4.39. The van der Waals surface area contributed by atoms with Crippen molar-refractivity contribution in [1.82, 2.24) is 5.32 Å². The van der Waals surface area contributed by atoms with Gasteiger partial charge in [0, 0.05) is 0 Å². The molecule has 72 valence electrons. The molecule has 1 aromatic heterocycles. The molecule has 0 radical (unpaired) electrons. The Morgan fingerprint density at radius 3 is 3.23 bits per heavy atom. The van der Waals surface area contributed by atoms with Crippen molar-refractivity contribution in [2.75, 3.05) is 13.2 Å². The first kappa shape index (κ1) is 9.86. The summed E-state index contributed by atoms with van der Waals surface area (Å²) in [5.41, 5.74) is 0. The zero-order valence-corrected chi connectivity index (χ0v) is 7.66. The van der Waals surface area contributed by atoms with Crippen LogP contribution in [0.4, 0.5) is 0 Å². The van der Waals surface area contributed by atoms with Crippen molar-refractivity contribution >= 4 is 0 Å². The van der Waals surface area contributed by atoms with Crippen molar-refractivity contribution in [3.8, 4) is 0 Å². The molecule has 0 saturated carbocycles. The number of furan rings is 1. The zero-order chi connectivity index (χ0) is 9.36. The van der Waals surface area contributed by atoms with Gasteiger partial charge in [-0.2, -0.15) is 0 Å². The van der Waals surface area contributed by atoms with Crippen LogP contribution in [0, 0.1) is 0 Å². The first-order valence-corrected chi connectivity index (χ1v) is 4.39. The van der Waals surface area contributed by atoms with Crippen LogP contribution in [0.1, 0.15) is 12.2 Å². The molecule has 1 N–H and O–H groups in total. The van der Waals surface area contributed by atoms with Crippen LogP contribution < -0.4 is 5.32 Å². The van der Waals surface area contributed by atoms with Crippen LogP contribution in [0.15, 0.2) is 35.7 Å². The molecule has 1 aromatic rings. The maximum absolute atomic E-state index is 5.15. The molecule has 3 heteroatoms. The molecule has 0 atom stereocenters. The van der Waals surface area contributed by atoms with Gasteiger partial charge < -0.3 is 14.5 Å². The molecule has 0 fully saturated rings. The molecule has 3 nitrogen and oxygen atoms in total. The molecule has 0 unspecified atom stereocenters. The monoisotopic (exact) mass is 181 g/mol. The molecule has 13 heavy (non-hydrogen) atoms. The van der Waals surface area contributed by atoms with Crippen LogP contribution in [0.25, 0.3) is 0 Å². The summed E-state index contributed by atoms with van der Waals surface area (Å²) in [4.78, 5) is 0. The Labute approximate surface area is 78.4 Å². The van der Waals surface area contributed by atoms with Gasteiger partial charge in [0.2, 0.25) is 0 Å². The molecule has 0 aliphatic heterocycles. The fraction of sp³-hybridized carbons (Fsp3) is 0.400. The van der Waals surface area contributed by atoms with Crippen LogP contribution in [-0.4, -0.2) is 13.2 Å². The van der Waals surface area contributed by atoms with E-state index in [2.05, 4.69) is 11.9 Å². The molecule has 0 bridgehead atoms. The third-order valence-corrected chi connectivity index (χ3v) is 1.61. The van der Waals surface area contributed by atoms with E-state index >= 15 is 0 Å². The van der Waals surface area contributed by atoms with E-state index in [1.807, 2.05) is 12.1 Å². The summed E-state index contributed by atoms with van der Waals surface area (Å²) in [5, 5.41) is 3.24. The SMILES string of the molecule is C=COCCCNCc1ccco1. The van der Waals surface area contributed by atoms with Gasteiger partial charge in [-0.05, 0) is 25.1 Å². The summed E-state index contributed by atoms with van der Waals surface area (Å²) in [6.45, 7) is 5.88. The van der Waals surface area contributed by atoms with E-state index in [0.717, 1.165) is 25.3 Å². The molecular weight excluding hydrogens is 166 g/mol. The van der Waals surface area contributed by atoms with E-state index in [0.29, 0.717) is 6.61 Å². The Morgan fingerprint density at radius 2 is 2.54 bits per heavy atom. The molecule has 0 aliphatic carbocycles. The average molecular weight is 181 g/mol. The highest BCUT2D eigenvalue weighted by Gasteiger charge is 1.93. The zero-order valence-electron chi connectivity index (χ0n) is 7.66. The lowest BCUT2D eigenvalue weighted by Crippen LogP contribution is -2.15. The van der Waals surface area contributed by atoms with Crippen LogP contribution in [0.2, 0.25) is 0 Å². The van der Waals surface area contributed by atoms with Crippen LogP contribution >= 0.6 is 0 Å². The average Bonchev–Trinajstić information content (AvgIpc) is 2.63. The second kappa shape index (κ2) is 6.31. The Kier molecular flexibility index (Phi) is 4.79. The smallest absolute Gasteiger partial charge is 0.117 e. The second-order valence-electron chi connectivity index (χ2n) is 2.65. The van der Waals surface area contributed by atoms with E-state index in [9.17, 15) is 0 Å². The summed E-state index contributed by atoms with van der Waals surface area (Å²) in [7, 11) is 0. The van der Waals surface area contributed by atoms with Crippen molar-refractivity contribution in [2.45, 2.75) is 13.0 Å². The minimum Gasteiger partial charge on any atom is -0.502 e. The number of ether oxygens (including phenoxy) is 1. The minimum atomic E-state index is 0.717. The Balaban J connectivity index is 1.93. The van der Waals surface area contributed by atoms with Crippen molar-refractivity contribution in [3.63, 3.8) is 0 Å². The van der Waals surface area contributed by atoms with Gasteiger partial charge in [0.15, 0.2) is 0 Å². The van der Waals surface area contributed by atoms with Gasteiger partial charge in [0.25, 0.3) is 0 Å². The summed E-state index contributed by atoms with van der Waals surface area (Å²) in [6, 6.07) is 3.84. The normalized spacial score (nSPS) is 9.85. The third-order valence-electron chi connectivity index (χ3n) is 1.61. The van der Waals surface area contributed by atoms with Gasteiger partial charge >= 0.3 is 0 Å². The molecule has 0 spiro atoms. The highest BCUT2D eigenvalue weighted by molar-refractivity contribution is 4.97. The van der Waals surface area contributed by atoms with Gasteiger partial charge in [-0.3, -0.25) is 0 Å². The molecule has 0 amide bonds. The van der Waals surface area contributed by atoms with E-state index in [1.54, 1.807) is 6.26 Å². The van der Waals surface area contributed by atoms with Crippen LogP contribution in [0.3, 0.4) is 0 Å². The predicted molar refractivity (Wildman–Crippen MR) is 51.2 cm³/mol. The van der Waals surface area contributed by atoms with Gasteiger partial charge in [-0.1, -0.05) is 6.58 Å². The van der Waals surface area contributed by atoms with E-state index in [4.69, 9.17) is 9.15 Å². The molecular formula is C10H15NO2. The molecule has 0 aromatic carbocycles. The van der Waals surface area contributed by atoms with E-state index < -0.39 is 0 Å². The fourth-order valence-corrected chi connectivity index (χ4v) is 0.989. The lowest BCUT2D eigenvalue weighted by Gasteiger charge is -2.02. The van der Waals surface area contributed by atoms with Gasteiger partial charge in [-0.25, -0.2) is 0 Å². The largest absolute Gasteiger partial charge is 0.502 e. The standard InChI is InChI=1S/C10H15NO2/c1-2-12-7-4-6-11-9-10-5-3-8-13-10/h2-3,5,8,11H,1,4,6-7,9H2. The van der Waals surface area contributed by atoms with Crippen molar-refractivity contribution in [1.29, 1.82) is 0 Å². The van der Waals surface area contributed by atoms with Crippen molar-refractivity contribution in [3.05, 3.63) is 37.0 Å². The Bertz CT molecular complexity index is 219. The van der Waals surface area contributed by atoms with Gasteiger partial charge in [0.05, 0.1) is 25.7 Å². The van der Waals surface area contributed by atoms with Gasteiger partial charge in [-0.15, -0.1) is 0 Å². The summed E-state index contributed by atoms with van der Waals surface area (Å²) in [5.74, 6) is 0.963. The summed E-state index contributed by atoms with van der Waals surface area (Å²) >= 11 is 0. The fourth-order valence-electron chi connectivity index (χ4n) is 0.989. The Hall–Kier alpha value is -1.22. The topological polar surface area (TPSA) is 34.4 Å².